The van der Waals surface area contributed by atoms with Gasteiger partial charge in [-0.25, -0.2) is 4.98 Å². The number of aromatic nitrogens is 1. The van der Waals surface area contributed by atoms with Crippen molar-refractivity contribution in [2.75, 3.05) is 0 Å². The molecule has 3 nitrogen and oxygen atoms in total. The lowest BCUT2D eigenvalue weighted by molar-refractivity contribution is 0.620. The van der Waals surface area contributed by atoms with E-state index in [-0.39, 0.29) is 0 Å². The summed E-state index contributed by atoms with van der Waals surface area (Å²) in [5.74, 6) is 0.623. The Balaban J connectivity index is 1.88. The SMILES string of the molecule is Clc1cccc2nc(-c3ccc4c(c3)CNC4)oc12. The molecule has 0 radical (unpaired) electrons. The predicted molar refractivity (Wildman–Crippen MR) is 75.0 cm³/mol. The fraction of sp³-hybridized carbons (Fsp3) is 0.133. The van der Waals surface area contributed by atoms with Crippen LogP contribution in [0.3, 0.4) is 0 Å². The molecule has 0 spiro atoms. The number of oxazole rings is 1. The van der Waals surface area contributed by atoms with E-state index < -0.39 is 0 Å². The maximum Gasteiger partial charge on any atom is 0.227 e. The third-order valence-corrected chi connectivity index (χ3v) is 3.75. The molecular formula is C15H11ClN2O. The molecule has 4 heteroatoms. The van der Waals surface area contributed by atoms with Gasteiger partial charge in [0.15, 0.2) is 5.58 Å². The number of hydrogen-bond donors (Lipinski definition) is 1. The van der Waals surface area contributed by atoms with Crippen molar-refractivity contribution in [2.24, 2.45) is 0 Å². The summed E-state index contributed by atoms with van der Waals surface area (Å²) in [5, 5.41) is 3.93. The highest BCUT2D eigenvalue weighted by Crippen LogP contribution is 2.30. The monoisotopic (exact) mass is 270 g/mol. The average molecular weight is 271 g/mol. The third-order valence-electron chi connectivity index (χ3n) is 3.45. The van der Waals surface area contributed by atoms with Gasteiger partial charge in [-0.1, -0.05) is 23.7 Å². The molecule has 0 atom stereocenters. The van der Waals surface area contributed by atoms with E-state index in [1.807, 2.05) is 24.3 Å². The van der Waals surface area contributed by atoms with Crippen LogP contribution in [0.1, 0.15) is 11.1 Å². The Bertz CT molecular complexity index is 779. The van der Waals surface area contributed by atoms with E-state index in [0.29, 0.717) is 16.5 Å². The van der Waals surface area contributed by atoms with Crippen molar-refractivity contribution in [1.29, 1.82) is 0 Å². The molecule has 0 aliphatic carbocycles. The van der Waals surface area contributed by atoms with Crippen LogP contribution in [-0.2, 0) is 13.1 Å². The summed E-state index contributed by atoms with van der Waals surface area (Å²) in [6, 6.07) is 11.9. The molecule has 1 aliphatic rings. The van der Waals surface area contributed by atoms with Gasteiger partial charge in [-0.2, -0.15) is 0 Å². The summed E-state index contributed by atoms with van der Waals surface area (Å²) in [6.07, 6.45) is 0. The normalized spacial score (nSPS) is 13.9. The first-order valence-corrected chi connectivity index (χ1v) is 6.57. The Morgan fingerprint density at radius 2 is 2.00 bits per heavy atom. The van der Waals surface area contributed by atoms with Gasteiger partial charge < -0.3 is 9.73 Å². The molecular weight excluding hydrogens is 260 g/mol. The molecule has 2 aromatic carbocycles. The van der Waals surface area contributed by atoms with Crippen LogP contribution in [0.25, 0.3) is 22.6 Å². The Hall–Kier alpha value is -1.84. The molecule has 1 N–H and O–H groups in total. The van der Waals surface area contributed by atoms with Gasteiger partial charge in [-0.15, -0.1) is 0 Å². The van der Waals surface area contributed by atoms with Crippen LogP contribution < -0.4 is 5.32 Å². The maximum absolute atomic E-state index is 6.11. The van der Waals surface area contributed by atoms with E-state index in [1.165, 1.54) is 11.1 Å². The van der Waals surface area contributed by atoms with E-state index in [1.54, 1.807) is 0 Å². The number of benzene rings is 2. The second kappa shape index (κ2) is 4.08. The Morgan fingerprint density at radius 3 is 2.89 bits per heavy atom. The topological polar surface area (TPSA) is 38.1 Å². The summed E-state index contributed by atoms with van der Waals surface area (Å²) in [4.78, 5) is 4.50. The smallest absolute Gasteiger partial charge is 0.227 e. The zero-order valence-corrected chi connectivity index (χ0v) is 10.9. The quantitative estimate of drug-likeness (QED) is 0.732. The summed E-state index contributed by atoms with van der Waals surface area (Å²) in [5.41, 5.74) is 5.09. The van der Waals surface area contributed by atoms with Crippen LogP contribution in [0.2, 0.25) is 5.02 Å². The predicted octanol–water partition coefficient (Wildman–Crippen LogP) is 3.75. The second-order valence-corrected chi connectivity index (χ2v) is 5.10. The van der Waals surface area contributed by atoms with Gasteiger partial charge in [0.1, 0.15) is 5.52 Å². The second-order valence-electron chi connectivity index (χ2n) is 4.69. The van der Waals surface area contributed by atoms with E-state index in [0.717, 1.165) is 24.2 Å². The van der Waals surface area contributed by atoms with Crippen LogP contribution in [0, 0.1) is 0 Å². The van der Waals surface area contributed by atoms with E-state index in [2.05, 4.69) is 22.4 Å². The minimum atomic E-state index is 0.596. The first-order chi connectivity index (χ1) is 9.31. The van der Waals surface area contributed by atoms with E-state index in [9.17, 15) is 0 Å². The number of para-hydroxylation sites is 1. The highest BCUT2D eigenvalue weighted by atomic mass is 35.5. The average Bonchev–Trinajstić information content (AvgIpc) is 3.04. The molecule has 2 heterocycles. The standard InChI is InChI=1S/C15H11ClN2O/c16-12-2-1-3-13-14(12)19-15(18-13)9-4-5-10-7-17-8-11(10)6-9/h1-6,17H,7-8H2. The van der Waals surface area contributed by atoms with Gasteiger partial charge in [0, 0.05) is 18.7 Å². The lowest BCUT2D eigenvalue weighted by Gasteiger charge is -2.00. The number of rotatable bonds is 1. The number of fused-ring (bicyclic) bond motifs is 2. The number of nitrogens with one attached hydrogen (secondary N) is 1. The Labute approximate surface area is 115 Å². The third kappa shape index (κ3) is 1.74. The fourth-order valence-corrected chi connectivity index (χ4v) is 2.67. The van der Waals surface area contributed by atoms with Crippen molar-refractivity contribution >= 4 is 22.7 Å². The highest BCUT2D eigenvalue weighted by Gasteiger charge is 2.14. The maximum atomic E-state index is 6.11. The molecule has 1 aliphatic heterocycles. The fourth-order valence-electron chi connectivity index (χ4n) is 2.47. The Kier molecular flexibility index (Phi) is 2.37. The van der Waals surface area contributed by atoms with Crippen LogP contribution in [0.5, 0.6) is 0 Å². The van der Waals surface area contributed by atoms with Crippen molar-refractivity contribution in [3.05, 3.63) is 52.5 Å². The summed E-state index contributed by atoms with van der Waals surface area (Å²) in [7, 11) is 0. The van der Waals surface area contributed by atoms with Crippen molar-refractivity contribution < 1.29 is 4.42 Å². The zero-order chi connectivity index (χ0) is 12.8. The largest absolute Gasteiger partial charge is 0.435 e. The molecule has 0 saturated carbocycles. The van der Waals surface area contributed by atoms with Crippen molar-refractivity contribution in [2.45, 2.75) is 13.1 Å². The first kappa shape index (κ1) is 11.0. The number of hydrogen-bond acceptors (Lipinski definition) is 3. The van der Waals surface area contributed by atoms with E-state index in [4.69, 9.17) is 16.0 Å². The van der Waals surface area contributed by atoms with Gasteiger partial charge >= 0.3 is 0 Å². The van der Waals surface area contributed by atoms with Crippen LogP contribution >= 0.6 is 11.6 Å². The molecule has 0 saturated heterocycles. The van der Waals surface area contributed by atoms with Gasteiger partial charge in [0.25, 0.3) is 0 Å². The van der Waals surface area contributed by atoms with Crippen molar-refractivity contribution in [1.82, 2.24) is 10.3 Å². The molecule has 0 fully saturated rings. The minimum absolute atomic E-state index is 0.596. The lowest BCUT2D eigenvalue weighted by atomic mass is 10.1. The van der Waals surface area contributed by atoms with Gasteiger partial charge in [0.2, 0.25) is 5.89 Å². The van der Waals surface area contributed by atoms with Crippen LogP contribution in [-0.4, -0.2) is 4.98 Å². The van der Waals surface area contributed by atoms with Crippen molar-refractivity contribution in [3.8, 4) is 11.5 Å². The van der Waals surface area contributed by atoms with Gasteiger partial charge in [0.05, 0.1) is 5.02 Å². The Morgan fingerprint density at radius 1 is 1.11 bits per heavy atom. The molecule has 3 aromatic rings. The molecule has 1 aromatic heterocycles. The molecule has 0 bridgehead atoms. The van der Waals surface area contributed by atoms with Crippen LogP contribution in [0.15, 0.2) is 40.8 Å². The first-order valence-electron chi connectivity index (χ1n) is 6.19. The summed E-state index contributed by atoms with van der Waals surface area (Å²) >= 11 is 6.11. The number of nitrogens with zero attached hydrogens (tertiary/aromatic N) is 1. The van der Waals surface area contributed by atoms with E-state index >= 15 is 0 Å². The van der Waals surface area contributed by atoms with Crippen molar-refractivity contribution in [3.63, 3.8) is 0 Å². The summed E-state index contributed by atoms with van der Waals surface area (Å²) < 4.78 is 5.78. The lowest BCUT2D eigenvalue weighted by Crippen LogP contribution is -1.99. The minimum Gasteiger partial charge on any atom is -0.435 e. The van der Waals surface area contributed by atoms with Gasteiger partial charge in [-0.05, 0) is 35.4 Å². The molecule has 0 unspecified atom stereocenters. The zero-order valence-electron chi connectivity index (χ0n) is 10.1. The molecule has 4 rings (SSSR count). The molecule has 0 amide bonds. The number of halogens is 1. The highest BCUT2D eigenvalue weighted by molar-refractivity contribution is 6.34. The van der Waals surface area contributed by atoms with Gasteiger partial charge in [-0.3, -0.25) is 0 Å². The molecule has 94 valence electrons. The summed E-state index contributed by atoms with van der Waals surface area (Å²) in [6.45, 7) is 1.85. The van der Waals surface area contributed by atoms with Crippen LogP contribution in [0.4, 0.5) is 0 Å². The molecule has 19 heavy (non-hydrogen) atoms.